The summed E-state index contributed by atoms with van der Waals surface area (Å²) >= 11 is 0. The van der Waals surface area contributed by atoms with Crippen LogP contribution in [0, 0.1) is 0 Å². The number of para-hydroxylation sites is 2. The summed E-state index contributed by atoms with van der Waals surface area (Å²) < 4.78 is 10.1. The van der Waals surface area contributed by atoms with Crippen LogP contribution in [-0.4, -0.2) is 26.4 Å². The highest BCUT2D eigenvalue weighted by Gasteiger charge is 2.05. The van der Waals surface area contributed by atoms with Gasteiger partial charge < -0.3 is 14.4 Å². The van der Waals surface area contributed by atoms with Gasteiger partial charge in [0.25, 0.3) is 0 Å². The summed E-state index contributed by atoms with van der Waals surface area (Å²) in [5.74, 6) is 0.497. The maximum atomic E-state index is 11.5. The van der Waals surface area contributed by atoms with Crippen LogP contribution in [0.5, 0.6) is 5.75 Å². The van der Waals surface area contributed by atoms with Crippen molar-refractivity contribution < 1.29 is 14.3 Å². The van der Waals surface area contributed by atoms with E-state index in [0.29, 0.717) is 12.4 Å². The molecule has 0 amide bonds. The molecule has 0 heterocycles. The van der Waals surface area contributed by atoms with Crippen molar-refractivity contribution in [1.82, 2.24) is 0 Å². The van der Waals surface area contributed by atoms with Gasteiger partial charge in [0.05, 0.1) is 6.61 Å². The minimum Gasteiger partial charge on any atom is -0.434 e. The van der Waals surface area contributed by atoms with E-state index in [2.05, 4.69) is 24.1 Å². The van der Waals surface area contributed by atoms with Gasteiger partial charge >= 0.3 is 6.16 Å². The average molecular weight is 299 g/mol. The fraction of sp³-hybridized carbons (Fsp3) is 0.278. The molecule has 4 heteroatoms. The first-order valence-corrected chi connectivity index (χ1v) is 7.41. The molecule has 0 aliphatic rings. The predicted molar refractivity (Wildman–Crippen MR) is 87.4 cm³/mol. The van der Waals surface area contributed by atoms with Crippen LogP contribution in [0.25, 0.3) is 0 Å². The summed E-state index contributed by atoms with van der Waals surface area (Å²) in [4.78, 5) is 13.7. The van der Waals surface area contributed by atoms with Gasteiger partial charge in [-0.15, -0.1) is 0 Å². The van der Waals surface area contributed by atoms with E-state index in [1.165, 1.54) is 5.69 Å². The Morgan fingerprint density at radius 2 is 1.59 bits per heavy atom. The van der Waals surface area contributed by atoms with Gasteiger partial charge in [-0.3, -0.25) is 0 Å². The molecule has 0 spiro atoms. The molecule has 22 heavy (non-hydrogen) atoms. The number of carbonyl (C=O) groups is 1. The molecule has 0 aromatic heterocycles. The molecule has 116 valence electrons. The molecule has 0 aliphatic heterocycles. The van der Waals surface area contributed by atoms with Crippen LogP contribution in [-0.2, 0) is 4.74 Å². The Morgan fingerprint density at radius 1 is 0.955 bits per heavy atom. The maximum absolute atomic E-state index is 11.5. The number of anilines is 1. The second-order valence-corrected chi connectivity index (χ2v) is 4.98. The van der Waals surface area contributed by atoms with E-state index in [9.17, 15) is 4.79 Å². The van der Waals surface area contributed by atoms with Crippen molar-refractivity contribution in [2.45, 2.75) is 12.8 Å². The van der Waals surface area contributed by atoms with Gasteiger partial charge in [-0.05, 0) is 37.1 Å². The van der Waals surface area contributed by atoms with Gasteiger partial charge in [0, 0.05) is 19.3 Å². The first-order chi connectivity index (χ1) is 10.8. The summed E-state index contributed by atoms with van der Waals surface area (Å²) in [6.07, 6.45) is 1.10. The van der Waals surface area contributed by atoms with Crippen molar-refractivity contribution in [3.63, 3.8) is 0 Å². The third kappa shape index (κ3) is 5.48. The van der Waals surface area contributed by atoms with Crippen molar-refractivity contribution in [1.29, 1.82) is 0 Å². The van der Waals surface area contributed by atoms with Crippen LogP contribution in [0.3, 0.4) is 0 Å². The van der Waals surface area contributed by atoms with Crippen molar-refractivity contribution in [2.75, 3.05) is 25.1 Å². The van der Waals surface area contributed by atoms with Crippen molar-refractivity contribution in [2.24, 2.45) is 0 Å². The Balaban J connectivity index is 1.58. The molecule has 2 rings (SSSR count). The molecule has 0 radical (unpaired) electrons. The third-order valence-electron chi connectivity index (χ3n) is 3.25. The topological polar surface area (TPSA) is 38.8 Å². The molecule has 0 bridgehead atoms. The fourth-order valence-corrected chi connectivity index (χ4v) is 2.03. The number of hydrogen-bond acceptors (Lipinski definition) is 4. The highest BCUT2D eigenvalue weighted by molar-refractivity contribution is 5.63. The lowest BCUT2D eigenvalue weighted by atomic mass is 10.2. The lowest BCUT2D eigenvalue weighted by Crippen LogP contribution is -2.19. The number of hydrogen-bond donors (Lipinski definition) is 0. The minimum absolute atomic E-state index is 0.369. The van der Waals surface area contributed by atoms with E-state index < -0.39 is 6.16 Å². The molecule has 0 aliphatic carbocycles. The van der Waals surface area contributed by atoms with Gasteiger partial charge in [0.1, 0.15) is 5.75 Å². The first-order valence-electron chi connectivity index (χ1n) is 7.41. The molecule has 0 fully saturated rings. The van der Waals surface area contributed by atoms with Crippen LogP contribution in [0.4, 0.5) is 10.5 Å². The number of nitrogens with zero attached hydrogens (tertiary/aromatic N) is 1. The predicted octanol–water partition coefficient (Wildman–Crippen LogP) is 4.12. The molecule has 0 saturated carbocycles. The van der Waals surface area contributed by atoms with Gasteiger partial charge in [-0.2, -0.15) is 0 Å². The van der Waals surface area contributed by atoms with Gasteiger partial charge in [0.15, 0.2) is 0 Å². The second kappa shape index (κ2) is 8.72. The molecule has 0 N–H and O–H groups in total. The van der Waals surface area contributed by atoms with E-state index in [1.807, 2.05) is 36.4 Å². The molecule has 0 unspecified atom stereocenters. The van der Waals surface area contributed by atoms with Crippen LogP contribution in [0.15, 0.2) is 60.7 Å². The van der Waals surface area contributed by atoms with E-state index in [4.69, 9.17) is 9.47 Å². The molecule has 4 nitrogen and oxygen atoms in total. The van der Waals surface area contributed by atoms with E-state index in [0.717, 1.165) is 19.4 Å². The summed E-state index contributed by atoms with van der Waals surface area (Å²) in [7, 11) is 2.06. The number of benzene rings is 2. The maximum Gasteiger partial charge on any atom is 0.513 e. The van der Waals surface area contributed by atoms with E-state index in [-0.39, 0.29) is 0 Å². The van der Waals surface area contributed by atoms with Gasteiger partial charge in [0.2, 0.25) is 0 Å². The summed E-state index contributed by atoms with van der Waals surface area (Å²) in [5, 5.41) is 0. The number of carbonyl (C=O) groups excluding carboxylic acids is 1. The highest BCUT2D eigenvalue weighted by Crippen LogP contribution is 2.12. The zero-order valence-corrected chi connectivity index (χ0v) is 12.8. The summed E-state index contributed by atoms with van der Waals surface area (Å²) in [6, 6.07) is 19.1. The lowest BCUT2D eigenvalue weighted by molar-refractivity contribution is 0.0976. The average Bonchev–Trinajstić information content (AvgIpc) is 2.56. The molecule has 2 aromatic carbocycles. The Labute approximate surface area is 131 Å². The third-order valence-corrected chi connectivity index (χ3v) is 3.25. The number of rotatable bonds is 7. The van der Waals surface area contributed by atoms with Crippen LogP contribution >= 0.6 is 0 Å². The fourth-order valence-electron chi connectivity index (χ4n) is 2.03. The first kappa shape index (κ1) is 15.9. The molecule has 0 atom stereocenters. The van der Waals surface area contributed by atoms with Crippen LogP contribution < -0.4 is 9.64 Å². The molecular formula is C18H21NO3. The van der Waals surface area contributed by atoms with Gasteiger partial charge in [-0.25, -0.2) is 4.79 Å². The number of ether oxygens (including phenoxy) is 2. The van der Waals surface area contributed by atoms with Crippen LogP contribution in [0.2, 0.25) is 0 Å². The Hall–Kier alpha value is -2.49. The normalized spacial score (nSPS) is 10.0. The second-order valence-electron chi connectivity index (χ2n) is 4.98. The standard InChI is InChI=1S/C18H21NO3/c1-19(16-10-4-2-5-11-16)14-8-9-15-21-18(20)22-17-12-6-3-7-13-17/h2-7,10-13H,8-9,14-15H2,1H3. The monoisotopic (exact) mass is 299 g/mol. The van der Waals surface area contributed by atoms with Crippen molar-refractivity contribution in [3.05, 3.63) is 60.7 Å². The zero-order valence-electron chi connectivity index (χ0n) is 12.8. The van der Waals surface area contributed by atoms with Crippen molar-refractivity contribution in [3.8, 4) is 5.75 Å². The molecular weight excluding hydrogens is 278 g/mol. The van der Waals surface area contributed by atoms with E-state index >= 15 is 0 Å². The highest BCUT2D eigenvalue weighted by atomic mass is 16.7. The summed E-state index contributed by atoms with van der Waals surface area (Å²) in [5.41, 5.74) is 1.19. The Morgan fingerprint density at radius 3 is 2.27 bits per heavy atom. The number of unbranched alkanes of at least 4 members (excludes halogenated alkanes) is 1. The Kier molecular flexibility index (Phi) is 6.30. The lowest BCUT2D eigenvalue weighted by Gasteiger charge is -2.18. The molecule has 2 aromatic rings. The minimum atomic E-state index is -0.650. The van der Waals surface area contributed by atoms with Gasteiger partial charge in [-0.1, -0.05) is 36.4 Å². The largest absolute Gasteiger partial charge is 0.513 e. The quantitative estimate of drug-likeness (QED) is 0.438. The van der Waals surface area contributed by atoms with Crippen LogP contribution in [0.1, 0.15) is 12.8 Å². The van der Waals surface area contributed by atoms with E-state index in [1.54, 1.807) is 12.1 Å². The summed E-state index contributed by atoms with van der Waals surface area (Å²) in [6.45, 7) is 1.29. The smallest absolute Gasteiger partial charge is 0.434 e. The molecule has 0 saturated heterocycles. The van der Waals surface area contributed by atoms with Crippen molar-refractivity contribution >= 4 is 11.8 Å². The Bertz CT molecular complexity index is 557. The zero-order chi connectivity index (χ0) is 15.6. The SMILES string of the molecule is CN(CCCCOC(=O)Oc1ccccc1)c1ccccc1.